The third kappa shape index (κ3) is 5.90. The highest BCUT2D eigenvalue weighted by atomic mass is 16.5. The first-order valence-corrected chi connectivity index (χ1v) is 10.9. The van der Waals surface area contributed by atoms with Crippen LogP contribution in [-0.4, -0.2) is 63.1 Å². The summed E-state index contributed by atoms with van der Waals surface area (Å²) >= 11 is 0. The second kappa shape index (κ2) is 11.2. The third-order valence-corrected chi connectivity index (χ3v) is 5.28. The summed E-state index contributed by atoms with van der Waals surface area (Å²) in [5, 5.41) is 6.25. The third-order valence-electron chi connectivity index (χ3n) is 5.28. The summed E-state index contributed by atoms with van der Waals surface area (Å²) in [6.45, 7) is 9.51. The van der Waals surface area contributed by atoms with E-state index in [1.807, 2.05) is 49.4 Å². The molecule has 0 atom stereocenters. The number of anilines is 1. The van der Waals surface area contributed by atoms with Crippen molar-refractivity contribution in [3.63, 3.8) is 0 Å². The maximum absolute atomic E-state index is 12.1. The zero-order valence-corrected chi connectivity index (χ0v) is 18.7. The van der Waals surface area contributed by atoms with E-state index in [0.29, 0.717) is 18.7 Å². The Morgan fingerprint density at radius 3 is 2.45 bits per heavy atom. The van der Waals surface area contributed by atoms with E-state index in [-0.39, 0.29) is 5.91 Å². The molecule has 1 saturated heterocycles. The van der Waals surface area contributed by atoms with Gasteiger partial charge in [-0.15, -0.1) is 0 Å². The van der Waals surface area contributed by atoms with E-state index >= 15 is 0 Å². The predicted octanol–water partition coefficient (Wildman–Crippen LogP) is 2.73. The van der Waals surface area contributed by atoms with E-state index in [9.17, 15) is 4.79 Å². The van der Waals surface area contributed by atoms with Crippen molar-refractivity contribution in [1.29, 1.82) is 0 Å². The predicted molar refractivity (Wildman–Crippen MR) is 126 cm³/mol. The number of rotatable bonds is 7. The lowest BCUT2D eigenvalue weighted by Gasteiger charge is -2.38. The van der Waals surface area contributed by atoms with Crippen molar-refractivity contribution in [2.45, 2.75) is 20.4 Å². The van der Waals surface area contributed by atoms with Gasteiger partial charge in [0.25, 0.3) is 5.91 Å². The molecule has 0 aliphatic carbocycles. The molecule has 1 amide bonds. The number of para-hydroxylation sites is 2. The van der Waals surface area contributed by atoms with Gasteiger partial charge in [0.15, 0.2) is 5.96 Å². The van der Waals surface area contributed by atoms with Crippen LogP contribution in [0, 0.1) is 0 Å². The van der Waals surface area contributed by atoms with Crippen LogP contribution in [0.2, 0.25) is 0 Å². The van der Waals surface area contributed by atoms with E-state index < -0.39 is 0 Å². The van der Waals surface area contributed by atoms with Crippen molar-refractivity contribution in [1.82, 2.24) is 15.5 Å². The fourth-order valence-corrected chi connectivity index (χ4v) is 3.72. The maximum Gasteiger partial charge on any atom is 0.251 e. The van der Waals surface area contributed by atoms with Gasteiger partial charge in [-0.2, -0.15) is 0 Å². The van der Waals surface area contributed by atoms with Gasteiger partial charge in [0.2, 0.25) is 0 Å². The number of nitrogens with one attached hydrogen (secondary N) is 2. The number of hydrogen-bond donors (Lipinski definition) is 2. The van der Waals surface area contributed by atoms with Crippen LogP contribution < -0.4 is 20.3 Å². The largest absolute Gasteiger partial charge is 0.495 e. The molecule has 2 aromatic carbocycles. The minimum atomic E-state index is -0.0484. The molecule has 0 bridgehead atoms. The fourth-order valence-electron chi connectivity index (χ4n) is 3.72. The van der Waals surface area contributed by atoms with Gasteiger partial charge in [0, 0.05) is 44.8 Å². The Labute approximate surface area is 185 Å². The summed E-state index contributed by atoms with van der Waals surface area (Å²) in [6, 6.07) is 15.8. The Kier molecular flexibility index (Phi) is 8.15. The van der Waals surface area contributed by atoms with E-state index in [2.05, 4.69) is 33.4 Å². The molecule has 1 fully saturated rings. The SMILES string of the molecule is CCNC(=O)c1cccc(CN=C(NCC)N2CCN(c3ccccc3OC)CC2)c1. The van der Waals surface area contributed by atoms with Crippen LogP contribution in [0.5, 0.6) is 5.75 Å². The number of benzene rings is 2. The molecule has 1 aliphatic heterocycles. The molecule has 0 saturated carbocycles. The lowest BCUT2D eigenvalue weighted by molar-refractivity contribution is 0.0955. The Morgan fingerprint density at radius 1 is 1.00 bits per heavy atom. The number of ether oxygens (including phenoxy) is 1. The normalized spacial score (nSPS) is 14.4. The number of methoxy groups -OCH3 is 1. The molecule has 7 heteroatoms. The van der Waals surface area contributed by atoms with Crippen molar-refractivity contribution in [3.8, 4) is 5.75 Å². The standard InChI is InChI=1S/C24H33N5O2/c1-4-25-23(30)20-10-8-9-19(17-20)18-27-24(26-5-2)29-15-13-28(14-16-29)21-11-6-7-12-22(21)31-3/h6-12,17H,4-5,13-16,18H2,1-3H3,(H,25,30)(H,26,27). The molecular weight excluding hydrogens is 390 g/mol. The number of nitrogens with zero attached hydrogens (tertiary/aromatic N) is 3. The first-order chi connectivity index (χ1) is 15.2. The minimum absolute atomic E-state index is 0.0484. The maximum atomic E-state index is 12.1. The van der Waals surface area contributed by atoms with Crippen LogP contribution in [0.25, 0.3) is 0 Å². The summed E-state index contributed by atoms with van der Waals surface area (Å²) in [4.78, 5) is 21.6. The number of carbonyl (C=O) groups excluding carboxylic acids is 1. The highest BCUT2D eigenvalue weighted by molar-refractivity contribution is 5.94. The van der Waals surface area contributed by atoms with Crippen molar-refractivity contribution >= 4 is 17.6 Å². The van der Waals surface area contributed by atoms with Gasteiger partial charge in [-0.1, -0.05) is 24.3 Å². The monoisotopic (exact) mass is 423 g/mol. The lowest BCUT2D eigenvalue weighted by Crippen LogP contribution is -2.52. The van der Waals surface area contributed by atoms with Crippen LogP contribution in [0.3, 0.4) is 0 Å². The highest BCUT2D eigenvalue weighted by Gasteiger charge is 2.21. The smallest absolute Gasteiger partial charge is 0.251 e. The number of aliphatic imine (C=N–C) groups is 1. The molecule has 0 aromatic heterocycles. The number of hydrogen-bond acceptors (Lipinski definition) is 4. The molecule has 31 heavy (non-hydrogen) atoms. The fraction of sp³-hybridized carbons (Fsp3) is 0.417. The van der Waals surface area contributed by atoms with Gasteiger partial charge in [0.1, 0.15) is 5.75 Å². The molecule has 166 valence electrons. The van der Waals surface area contributed by atoms with E-state index in [0.717, 1.165) is 55.7 Å². The van der Waals surface area contributed by atoms with Gasteiger partial charge >= 0.3 is 0 Å². The van der Waals surface area contributed by atoms with Crippen molar-refractivity contribution in [3.05, 3.63) is 59.7 Å². The summed E-state index contributed by atoms with van der Waals surface area (Å²) in [6.07, 6.45) is 0. The van der Waals surface area contributed by atoms with Crippen LogP contribution in [0.1, 0.15) is 29.8 Å². The first kappa shape index (κ1) is 22.5. The molecule has 7 nitrogen and oxygen atoms in total. The summed E-state index contributed by atoms with van der Waals surface area (Å²) < 4.78 is 5.52. The Bertz CT molecular complexity index is 891. The molecule has 1 aliphatic rings. The Balaban J connectivity index is 1.65. The topological polar surface area (TPSA) is 69.2 Å². The Morgan fingerprint density at radius 2 is 1.74 bits per heavy atom. The van der Waals surface area contributed by atoms with E-state index in [1.165, 1.54) is 0 Å². The summed E-state index contributed by atoms with van der Waals surface area (Å²) in [7, 11) is 1.71. The van der Waals surface area contributed by atoms with Gasteiger partial charge in [-0.05, 0) is 43.7 Å². The second-order valence-electron chi connectivity index (χ2n) is 7.38. The molecule has 2 N–H and O–H groups in total. The molecule has 0 unspecified atom stereocenters. The highest BCUT2D eigenvalue weighted by Crippen LogP contribution is 2.28. The average Bonchev–Trinajstić information content (AvgIpc) is 2.82. The van der Waals surface area contributed by atoms with Crippen molar-refractivity contribution < 1.29 is 9.53 Å². The van der Waals surface area contributed by atoms with Gasteiger partial charge in [-0.3, -0.25) is 4.79 Å². The second-order valence-corrected chi connectivity index (χ2v) is 7.38. The van der Waals surface area contributed by atoms with Crippen molar-refractivity contribution in [2.24, 2.45) is 4.99 Å². The average molecular weight is 424 g/mol. The van der Waals surface area contributed by atoms with Crippen molar-refractivity contribution in [2.75, 3.05) is 51.3 Å². The zero-order chi connectivity index (χ0) is 22.1. The zero-order valence-electron chi connectivity index (χ0n) is 18.7. The number of carbonyl (C=O) groups is 1. The van der Waals surface area contributed by atoms with Crippen LogP contribution in [0.4, 0.5) is 5.69 Å². The molecule has 0 radical (unpaired) electrons. The van der Waals surface area contributed by atoms with E-state index in [1.54, 1.807) is 7.11 Å². The first-order valence-electron chi connectivity index (χ1n) is 10.9. The molecule has 0 spiro atoms. The van der Waals surface area contributed by atoms with Gasteiger partial charge in [0.05, 0.1) is 19.3 Å². The molecule has 2 aromatic rings. The molecule has 3 rings (SSSR count). The van der Waals surface area contributed by atoms with Crippen LogP contribution >= 0.6 is 0 Å². The summed E-state index contributed by atoms with van der Waals surface area (Å²) in [5.74, 6) is 1.77. The van der Waals surface area contributed by atoms with Crippen LogP contribution in [-0.2, 0) is 6.54 Å². The molecule has 1 heterocycles. The van der Waals surface area contributed by atoms with E-state index in [4.69, 9.17) is 9.73 Å². The Hall–Kier alpha value is -3.22. The quantitative estimate of drug-likeness (QED) is 0.529. The lowest BCUT2D eigenvalue weighted by atomic mass is 10.1. The summed E-state index contributed by atoms with van der Waals surface area (Å²) in [5.41, 5.74) is 2.82. The number of piperazine rings is 1. The van der Waals surface area contributed by atoms with Crippen LogP contribution in [0.15, 0.2) is 53.5 Å². The van der Waals surface area contributed by atoms with Gasteiger partial charge in [-0.25, -0.2) is 4.99 Å². The minimum Gasteiger partial charge on any atom is -0.495 e. The number of amides is 1. The molecular formula is C24H33N5O2. The number of guanidine groups is 1. The van der Waals surface area contributed by atoms with Gasteiger partial charge < -0.3 is 25.2 Å².